The third-order valence-corrected chi connectivity index (χ3v) is 2.86. The lowest BCUT2D eigenvalue weighted by Gasteiger charge is -2.20. The Morgan fingerprint density at radius 2 is 2.29 bits per heavy atom. The smallest absolute Gasteiger partial charge is 0.232 e. The molecular weight excluding hydrogens is 223 g/mol. The lowest BCUT2D eigenvalue weighted by atomic mass is 9.88. The van der Waals surface area contributed by atoms with Crippen molar-refractivity contribution >= 4 is 17.5 Å². The lowest BCUT2D eigenvalue weighted by molar-refractivity contribution is -0.126. The molecule has 0 bridgehead atoms. The molecule has 17 heavy (non-hydrogen) atoms. The van der Waals surface area contributed by atoms with Gasteiger partial charge in [-0.05, 0) is 25.1 Å². The predicted octanol–water partition coefficient (Wildman–Crippen LogP) is 1.29. The van der Waals surface area contributed by atoms with Crippen LogP contribution in [0.2, 0.25) is 0 Å². The summed E-state index contributed by atoms with van der Waals surface area (Å²) in [5.74, 6) is -0.822. The first-order valence-electron chi connectivity index (χ1n) is 5.33. The molecule has 1 heterocycles. The second-order valence-corrected chi connectivity index (χ2v) is 4.48. The highest BCUT2D eigenvalue weighted by Gasteiger charge is 2.40. The maximum atomic E-state index is 12.9. The van der Waals surface area contributed by atoms with Gasteiger partial charge in [-0.15, -0.1) is 0 Å². The number of carbonyl (C=O) groups excluding carboxylic acids is 2. The van der Waals surface area contributed by atoms with E-state index in [0.717, 1.165) is 0 Å². The zero-order chi connectivity index (χ0) is 12.5. The van der Waals surface area contributed by atoms with E-state index in [0.29, 0.717) is 12.2 Å². The zero-order valence-electron chi connectivity index (χ0n) is 9.42. The summed E-state index contributed by atoms with van der Waals surface area (Å²) in [5.41, 5.74) is -0.362. The Morgan fingerprint density at radius 1 is 1.53 bits per heavy atom. The highest BCUT2D eigenvalue weighted by molar-refractivity contribution is 5.99. The summed E-state index contributed by atoms with van der Waals surface area (Å²) < 4.78 is 12.9. The fourth-order valence-electron chi connectivity index (χ4n) is 1.78. The van der Waals surface area contributed by atoms with Crippen molar-refractivity contribution in [2.45, 2.75) is 13.3 Å². The third kappa shape index (κ3) is 2.43. The molecule has 1 saturated heterocycles. The molecule has 0 aromatic heterocycles. The number of hydrogen-bond acceptors (Lipinski definition) is 2. The van der Waals surface area contributed by atoms with Crippen molar-refractivity contribution in [3.63, 3.8) is 0 Å². The van der Waals surface area contributed by atoms with Crippen LogP contribution in [0.5, 0.6) is 0 Å². The molecule has 0 radical (unpaired) electrons. The fraction of sp³-hybridized carbons (Fsp3) is 0.333. The monoisotopic (exact) mass is 236 g/mol. The molecule has 1 aliphatic heterocycles. The van der Waals surface area contributed by atoms with Crippen LogP contribution in [0.3, 0.4) is 0 Å². The van der Waals surface area contributed by atoms with Gasteiger partial charge in [-0.3, -0.25) is 9.59 Å². The van der Waals surface area contributed by atoms with Crippen molar-refractivity contribution in [2.75, 3.05) is 11.9 Å². The molecular formula is C12H13FN2O2. The molecule has 1 aromatic carbocycles. The summed E-state index contributed by atoms with van der Waals surface area (Å²) in [6.07, 6.45) is 0.161. The van der Waals surface area contributed by atoms with Crippen LogP contribution in [0.15, 0.2) is 24.3 Å². The maximum Gasteiger partial charge on any atom is 0.232 e. The summed E-state index contributed by atoms with van der Waals surface area (Å²) in [6.45, 7) is 2.02. The predicted molar refractivity (Wildman–Crippen MR) is 60.8 cm³/mol. The Bertz CT molecular complexity index is 475. The lowest BCUT2D eigenvalue weighted by Crippen LogP contribution is -2.35. The summed E-state index contributed by atoms with van der Waals surface area (Å²) in [4.78, 5) is 23.1. The zero-order valence-corrected chi connectivity index (χ0v) is 9.42. The number of benzene rings is 1. The van der Waals surface area contributed by atoms with Crippen LogP contribution in [0.25, 0.3) is 0 Å². The van der Waals surface area contributed by atoms with E-state index < -0.39 is 11.2 Å². The number of carbonyl (C=O) groups is 2. The first-order chi connectivity index (χ1) is 7.99. The van der Waals surface area contributed by atoms with Crippen LogP contribution >= 0.6 is 0 Å². The van der Waals surface area contributed by atoms with Crippen molar-refractivity contribution < 1.29 is 14.0 Å². The van der Waals surface area contributed by atoms with Gasteiger partial charge < -0.3 is 10.6 Å². The van der Waals surface area contributed by atoms with E-state index in [2.05, 4.69) is 10.6 Å². The minimum atomic E-state index is -0.761. The van der Waals surface area contributed by atoms with Crippen molar-refractivity contribution in [3.05, 3.63) is 30.1 Å². The average Bonchev–Trinajstić information content (AvgIpc) is 2.60. The SMILES string of the molecule is CC1(C(=O)Nc2cccc(F)c2)CNC(=O)C1. The topological polar surface area (TPSA) is 58.2 Å². The summed E-state index contributed by atoms with van der Waals surface area (Å²) >= 11 is 0. The largest absolute Gasteiger partial charge is 0.355 e. The van der Waals surface area contributed by atoms with Gasteiger partial charge in [0.05, 0.1) is 5.41 Å². The molecule has 5 heteroatoms. The molecule has 0 saturated carbocycles. The van der Waals surface area contributed by atoms with Gasteiger partial charge in [-0.25, -0.2) is 4.39 Å². The molecule has 1 aliphatic rings. The number of halogens is 1. The average molecular weight is 236 g/mol. The molecule has 2 N–H and O–H groups in total. The summed E-state index contributed by atoms with van der Waals surface area (Å²) in [5, 5.41) is 5.23. The van der Waals surface area contributed by atoms with Crippen molar-refractivity contribution in [1.29, 1.82) is 0 Å². The van der Waals surface area contributed by atoms with E-state index in [4.69, 9.17) is 0 Å². The number of rotatable bonds is 2. The summed E-state index contributed by atoms with van der Waals surface area (Å²) in [7, 11) is 0. The van der Waals surface area contributed by atoms with E-state index in [1.54, 1.807) is 13.0 Å². The van der Waals surface area contributed by atoms with Gasteiger partial charge in [0, 0.05) is 18.7 Å². The number of nitrogens with one attached hydrogen (secondary N) is 2. The highest BCUT2D eigenvalue weighted by Crippen LogP contribution is 2.27. The molecule has 2 amide bonds. The Balaban J connectivity index is 2.09. The van der Waals surface area contributed by atoms with Gasteiger partial charge in [-0.2, -0.15) is 0 Å². The van der Waals surface area contributed by atoms with Gasteiger partial charge in [0.2, 0.25) is 11.8 Å². The standard InChI is InChI=1S/C12H13FN2O2/c1-12(6-10(16)14-7-12)11(17)15-9-4-2-3-8(13)5-9/h2-5H,6-7H2,1H3,(H,14,16)(H,15,17). The molecule has 2 rings (SSSR count). The molecule has 1 unspecified atom stereocenters. The molecule has 4 nitrogen and oxygen atoms in total. The maximum absolute atomic E-state index is 12.9. The van der Waals surface area contributed by atoms with Crippen molar-refractivity contribution in [1.82, 2.24) is 5.32 Å². The molecule has 90 valence electrons. The van der Waals surface area contributed by atoms with E-state index >= 15 is 0 Å². The minimum Gasteiger partial charge on any atom is -0.355 e. The Hall–Kier alpha value is -1.91. The van der Waals surface area contributed by atoms with Gasteiger partial charge >= 0.3 is 0 Å². The number of anilines is 1. The summed E-state index contributed by atoms with van der Waals surface area (Å²) in [6, 6.07) is 5.67. The van der Waals surface area contributed by atoms with Crippen LogP contribution in [-0.2, 0) is 9.59 Å². The molecule has 0 spiro atoms. The molecule has 1 atom stereocenters. The quantitative estimate of drug-likeness (QED) is 0.813. The number of hydrogen-bond donors (Lipinski definition) is 2. The van der Waals surface area contributed by atoms with Crippen LogP contribution in [0.1, 0.15) is 13.3 Å². The van der Waals surface area contributed by atoms with Crippen LogP contribution in [0, 0.1) is 11.2 Å². The van der Waals surface area contributed by atoms with Crippen LogP contribution in [0.4, 0.5) is 10.1 Å². The van der Waals surface area contributed by atoms with Crippen molar-refractivity contribution in [3.8, 4) is 0 Å². The third-order valence-electron chi connectivity index (χ3n) is 2.86. The van der Waals surface area contributed by atoms with E-state index in [1.807, 2.05) is 0 Å². The Labute approximate surface area is 98.2 Å². The van der Waals surface area contributed by atoms with Crippen LogP contribution < -0.4 is 10.6 Å². The number of amides is 2. The second-order valence-electron chi connectivity index (χ2n) is 4.48. The van der Waals surface area contributed by atoms with Gasteiger partial charge in [0.1, 0.15) is 5.82 Å². The Morgan fingerprint density at radius 3 is 2.88 bits per heavy atom. The van der Waals surface area contributed by atoms with E-state index in [9.17, 15) is 14.0 Å². The Kier molecular flexibility index (Phi) is 2.83. The first-order valence-corrected chi connectivity index (χ1v) is 5.33. The second kappa shape index (κ2) is 4.16. The van der Waals surface area contributed by atoms with E-state index in [1.165, 1.54) is 18.2 Å². The molecule has 0 aliphatic carbocycles. The fourth-order valence-corrected chi connectivity index (χ4v) is 1.78. The molecule has 1 fully saturated rings. The van der Waals surface area contributed by atoms with Gasteiger partial charge in [0.15, 0.2) is 0 Å². The van der Waals surface area contributed by atoms with Gasteiger partial charge in [0.25, 0.3) is 0 Å². The van der Waals surface area contributed by atoms with E-state index in [-0.39, 0.29) is 18.2 Å². The highest BCUT2D eigenvalue weighted by atomic mass is 19.1. The van der Waals surface area contributed by atoms with Gasteiger partial charge in [-0.1, -0.05) is 6.07 Å². The molecule has 1 aromatic rings. The van der Waals surface area contributed by atoms with Crippen LogP contribution in [-0.4, -0.2) is 18.4 Å². The minimum absolute atomic E-state index is 0.137. The normalized spacial score (nSPS) is 23.3. The first kappa shape index (κ1) is 11.6. The van der Waals surface area contributed by atoms with Crippen molar-refractivity contribution in [2.24, 2.45) is 5.41 Å².